The van der Waals surface area contributed by atoms with Crippen LogP contribution in [0, 0.1) is 0 Å². The van der Waals surface area contributed by atoms with E-state index in [-0.39, 0.29) is 0 Å². The highest BCUT2D eigenvalue weighted by atomic mass is 16.5. The summed E-state index contributed by atoms with van der Waals surface area (Å²) in [6, 6.07) is 10.8. The number of pyridine rings is 1. The lowest BCUT2D eigenvalue weighted by atomic mass is 10.1. The van der Waals surface area contributed by atoms with Crippen LogP contribution in [0.4, 0.5) is 5.82 Å². The van der Waals surface area contributed by atoms with Crippen LogP contribution in [-0.4, -0.2) is 31.3 Å². The number of rotatable bonds is 7. The van der Waals surface area contributed by atoms with Gasteiger partial charge in [-0.3, -0.25) is 0 Å². The number of hydrogen-bond acceptors (Lipinski definition) is 4. The minimum absolute atomic E-state index is 0.465. The van der Waals surface area contributed by atoms with Gasteiger partial charge in [-0.2, -0.15) is 0 Å². The molecule has 0 aliphatic rings. The average molecular weight is 273 g/mol. The fraction of sp³-hybridized carbons (Fsp3) is 0.438. The van der Waals surface area contributed by atoms with Gasteiger partial charge in [-0.05, 0) is 17.7 Å². The molecule has 4 nitrogen and oxygen atoms in total. The highest BCUT2D eigenvalue weighted by Crippen LogP contribution is 2.20. The molecule has 1 aromatic carbocycles. The predicted octanol–water partition coefficient (Wildman–Crippen LogP) is 2.79. The number of ether oxygens (including phenoxy) is 1. The maximum atomic E-state index is 5.06. The van der Waals surface area contributed by atoms with Gasteiger partial charge in [-0.15, -0.1) is 0 Å². The first-order valence-corrected chi connectivity index (χ1v) is 7.05. The zero-order valence-corrected chi connectivity index (χ0v) is 12.4. The quantitative estimate of drug-likeness (QED) is 0.762. The minimum atomic E-state index is 0.465. The summed E-state index contributed by atoms with van der Waals surface area (Å²) < 4.78 is 5.06. The molecule has 1 heterocycles. The number of methoxy groups -OCH3 is 1. The van der Waals surface area contributed by atoms with Crippen molar-refractivity contribution >= 4 is 16.7 Å². The lowest BCUT2D eigenvalue weighted by Gasteiger charge is -2.13. The van der Waals surface area contributed by atoms with Crippen molar-refractivity contribution in [2.45, 2.75) is 26.4 Å². The maximum Gasteiger partial charge on any atom is 0.127 e. The summed E-state index contributed by atoms with van der Waals surface area (Å²) >= 11 is 0. The number of benzene rings is 1. The molecule has 4 heteroatoms. The van der Waals surface area contributed by atoms with Gasteiger partial charge in [0.2, 0.25) is 0 Å². The van der Waals surface area contributed by atoms with Crippen LogP contribution in [-0.2, 0) is 11.3 Å². The highest BCUT2D eigenvalue weighted by molar-refractivity contribution is 5.84. The standard InChI is InChI=1S/C16H23N3O/c1-12(2)18-11-13-10-16(17-8-9-20-3)19-15-7-5-4-6-14(13)15/h4-7,10,12,18H,8-9,11H2,1-3H3,(H,17,19). The molecule has 2 aromatic rings. The predicted molar refractivity (Wildman–Crippen MR) is 84.1 cm³/mol. The van der Waals surface area contributed by atoms with Crippen molar-refractivity contribution in [3.8, 4) is 0 Å². The second-order valence-corrected chi connectivity index (χ2v) is 5.14. The van der Waals surface area contributed by atoms with Crippen LogP contribution in [0.1, 0.15) is 19.4 Å². The van der Waals surface area contributed by atoms with Crippen molar-refractivity contribution in [1.82, 2.24) is 10.3 Å². The van der Waals surface area contributed by atoms with Gasteiger partial charge in [0.15, 0.2) is 0 Å². The van der Waals surface area contributed by atoms with E-state index in [0.717, 1.165) is 24.4 Å². The number of para-hydroxylation sites is 1. The Morgan fingerprint density at radius 3 is 2.80 bits per heavy atom. The van der Waals surface area contributed by atoms with Gasteiger partial charge in [0.05, 0.1) is 12.1 Å². The smallest absolute Gasteiger partial charge is 0.127 e. The first kappa shape index (κ1) is 14.8. The second-order valence-electron chi connectivity index (χ2n) is 5.14. The molecular weight excluding hydrogens is 250 g/mol. The van der Waals surface area contributed by atoms with Gasteiger partial charge in [-0.25, -0.2) is 4.98 Å². The van der Waals surface area contributed by atoms with Crippen LogP contribution < -0.4 is 10.6 Å². The van der Waals surface area contributed by atoms with Gasteiger partial charge < -0.3 is 15.4 Å². The molecule has 0 fully saturated rings. The van der Waals surface area contributed by atoms with Crippen LogP contribution in [0.2, 0.25) is 0 Å². The molecule has 2 rings (SSSR count). The molecule has 0 saturated carbocycles. The van der Waals surface area contributed by atoms with Gasteiger partial charge in [0.1, 0.15) is 5.82 Å². The average Bonchev–Trinajstić information content (AvgIpc) is 2.45. The monoisotopic (exact) mass is 273 g/mol. The maximum absolute atomic E-state index is 5.06. The zero-order chi connectivity index (χ0) is 14.4. The Morgan fingerprint density at radius 1 is 1.25 bits per heavy atom. The normalized spacial score (nSPS) is 11.2. The van der Waals surface area contributed by atoms with E-state index in [4.69, 9.17) is 4.74 Å². The van der Waals surface area contributed by atoms with Crippen molar-refractivity contribution in [3.05, 3.63) is 35.9 Å². The van der Waals surface area contributed by atoms with E-state index in [1.165, 1.54) is 10.9 Å². The van der Waals surface area contributed by atoms with Crippen molar-refractivity contribution in [2.24, 2.45) is 0 Å². The summed E-state index contributed by atoms with van der Waals surface area (Å²) in [6.45, 7) is 6.59. The number of nitrogens with zero attached hydrogens (tertiary/aromatic N) is 1. The van der Waals surface area contributed by atoms with E-state index in [1.54, 1.807) is 7.11 Å². The Bertz CT molecular complexity index is 554. The molecule has 0 atom stereocenters. The van der Waals surface area contributed by atoms with Crippen LogP contribution in [0.5, 0.6) is 0 Å². The van der Waals surface area contributed by atoms with Crippen molar-refractivity contribution in [3.63, 3.8) is 0 Å². The molecule has 0 bridgehead atoms. The van der Waals surface area contributed by atoms with Crippen LogP contribution in [0.15, 0.2) is 30.3 Å². The van der Waals surface area contributed by atoms with Crippen molar-refractivity contribution < 1.29 is 4.74 Å². The molecule has 2 N–H and O–H groups in total. The molecule has 0 unspecified atom stereocenters. The molecule has 0 saturated heterocycles. The third-order valence-electron chi connectivity index (χ3n) is 3.11. The van der Waals surface area contributed by atoms with Gasteiger partial charge in [0.25, 0.3) is 0 Å². The summed E-state index contributed by atoms with van der Waals surface area (Å²) in [4.78, 5) is 4.64. The van der Waals surface area contributed by atoms with Gasteiger partial charge in [-0.1, -0.05) is 32.0 Å². The number of anilines is 1. The molecular formula is C16H23N3O. The number of nitrogens with one attached hydrogen (secondary N) is 2. The van der Waals surface area contributed by atoms with E-state index in [9.17, 15) is 0 Å². The first-order chi connectivity index (χ1) is 9.70. The van der Waals surface area contributed by atoms with Crippen LogP contribution in [0.25, 0.3) is 10.9 Å². The molecule has 108 valence electrons. The van der Waals surface area contributed by atoms with Gasteiger partial charge in [0, 0.05) is 31.6 Å². The number of fused-ring (bicyclic) bond motifs is 1. The molecule has 0 aliphatic carbocycles. The Labute approximate surface area is 120 Å². The highest BCUT2D eigenvalue weighted by Gasteiger charge is 2.06. The molecule has 0 aliphatic heterocycles. The second kappa shape index (κ2) is 7.22. The summed E-state index contributed by atoms with van der Waals surface area (Å²) in [7, 11) is 1.70. The summed E-state index contributed by atoms with van der Waals surface area (Å²) in [5, 5.41) is 7.98. The number of aromatic nitrogens is 1. The third kappa shape index (κ3) is 3.92. The lowest BCUT2D eigenvalue weighted by molar-refractivity contribution is 0.210. The minimum Gasteiger partial charge on any atom is -0.383 e. The van der Waals surface area contributed by atoms with Crippen LogP contribution in [0.3, 0.4) is 0 Å². The summed E-state index contributed by atoms with van der Waals surface area (Å²) in [6.07, 6.45) is 0. The van der Waals surface area contributed by atoms with E-state index in [1.807, 2.05) is 6.07 Å². The SMILES string of the molecule is COCCNc1cc(CNC(C)C)c2ccccc2n1. The zero-order valence-electron chi connectivity index (χ0n) is 12.4. The Hall–Kier alpha value is -1.65. The fourth-order valence-corrected chi connectivity index (χ4v) is 2.08. The molecule has 20 heavy (non-hydrogen) atoms. The summed E-state index contributed by atoms with van der Waals surface area (Å²) in [5.41, 5.74) is 2.29. The molecule has 0 spiro atoms. The van der Waals surface area contributed by atoms with Crippen molar-refractivity contribution in [1.29, 1.82) is 0 Å². The Kier molecular flexibility index (Phi) is 5.32. The third-order valence-corrected chi connectivity index (χ3v) is 3.11. The molecule has 0 radical (unpaired) electrons. The Balaban J connectivity index is 2.26. The van der Waals surface area contributed by atoms with Crippen molar-refractivity contribution in [2.75, 3.05) is 25.6 Å². The lowest BCUT2D eigenvalue weighted by Crippen LogP contribution is -2.22. The van der Waals surface area contributed by atoms with Gasteiger partial charge >= 0.3 is 0 Å². The van der Waals surface area contributed by atoms with Crippen LogP contribution >= 0.6 is 0 Å². The van der Waals surface area contributed by atoms with E-state index in [2.05, 4.69) is 53.7 Å². The van der Waals surface area contributed by atoms with E-state index in [0.29, 0.717) is 12.6 Å². The van der Waals surface area contributed by atoms with E-state index >= 15 is 0 Å². The molecule has 0 amide bonds. The number of hydrogen-bond donors (Lipinski definition) is 2. The van der Waals surface area contributed by atoms with E-state index < -0.39 is 0 Å². The topological polar surface area (TPSA) is 46.2 Å². The largest absolute Gasteiger partial charge is 0.383 e. The summed E-state index contributed by atoms with van der Waals surface area (Å²) in [5.74, 6) is 0.904. The first-order valence-electron chi connectivity index (χ1n) is 7.05. The fourth-order valence-electron chi connectivity index (χ4n) is 2.08. The molecule has 1 aromatic heterocycles. The Morgan fingerprint density at radius 2 is 2.05 bits per heavy atom.